The molecule has 0 aliphatic carbocycles. The van der Waals surface area contributed by atoms with Gasteiger partial charge in [0.1, 0.15) is 17.5 Å². The van der Waals surface area contributed by atoms with Gasteiger partial charge in [-0.3, -0.25) is 0 Å². The van der Waals surface area contributed by atoms with E-state index in [1.165, 1.54) is 0 Å². The Morgan fingerprint density at radius 3 is 2.43 bits per heavy atom. The lowest BCUT2D eigenvalue weighted by Crippen LogP contribution is -1.89. The van der Waals surface area contributed by atoms with Crippen molar-refractivity contribution in [2.24, 2.45) is 0 Å². The zero-order valence-electron chi connectivity index (χ0n) is 12.2. The SMILES string of the molecule is c1ccc(-c2ncnc3ccc4c5ccccc5oc4c23)cc1. The van der Waals surface area contributed by atoms with Crippen LogP contribution in [0.5, 0.6) is 0 Å². The summed E-state index contributed by atoms with van der Waals surface area (Å²) in [6.45, 7) is 0. The minimum atomic E-state index is 0.850. The third kappa shape index (κ3) is 1.77. The van der Waals surface area contributed by atoms with Crippen molar-refractivity contribution in [3.05, 3.63) is 73.1 Å². The molecule has 5 rings (SSSR count). The van der Waals surface area contributed by atoms with E-state index < -0.39 is 0 Å². The number of benzene rings is 3. The minimum Gasteiger partial charge on any atom is -0.455 e. The first-order chi connectivity index (χ1) is 11.4. The fourth-order valence-electron chi connectivity index (χ4n) is 3.14. The van der Waals surface area contributed by atoms with Crippen molar-refractivity contribution >= 4 is 32.8 Å². The molecule has 0 amide bonds. The number of nitrogens with zero attached hydrogens (tertiary/aromatic N) is 2. The maximum absolute atomic E-state index is 6.15. The molecule has 3 heteroatoms. The Labute approximate surface area is 132 Å². The van der Waals surface area contributed by atoms with Gasteiger partial charge in [-0.15, -0.1) is 0 Å². The van der Waals surface area contributed by atoms with Crippen molar-refractivity contribution in [2.75, 3.05) is 0 Å². The molecule has 0 unspecified atom stereocenters. The Bertz CT molecular complexity index is 1160. The molecule has 3 nitrogen and oxygen atoms in total. The zero-order chi connectivity index (χ0) is 15.2. The molecule has 0 radical (unpaired) electrons. The van der Waals surface area contributed by atoms with Crippen molar-refractivity contribution in [1.29, 1.82) is 0 Å². The van der Waals surface area contributed by atoms with Gasteiger partial charge in [-0.2, -0.15) is 0 Å². The molecule has 2 aromatic heterocycles. The smallest absolute Gasteiger partial charge is 0.147 e. The summed E-state index contributed by atoms with van der Waals surface area (Å²) in [6, 6.07) is 22.4. The minimum absolute atomic E-state index is 0.850. The van der Waals surface area contributed by atoms with E-state index in [9.17, 15) is 0 Å². The zero-order valence-corrected chi connectivity index (χ0v) is 12.2. The van der Waals surface area contributed by atoms with E-state index in [0.717, 1.165) is 44.1 Å². The molecule has 0 bridgehead atoms. The highest BCUT2D eigenvalue weighted by molar-refractivity contribution is 6.17. The molecule has 0 spiro atoms. The first-order valence-electron chi connectivity index (χ1n) is 7.52. The Hall–Kier alpha value is -3.20. The molecule has 0 saturated carbocycles. The van der Waals surface area contributed by atoms with Gasteiger partial charge in [0.05, 0.1) is 16.6 Å². The van der Waals surface area contributed by atoms with Crippen LogP contribution in [0.25, 0.3) is 44.1 Å². The number of hydrogen-bond acceptors (Lipinski definition) is 3. The summed E-state index contributed by atoms with van der Waals surface area (Å²) in [7, 11) is 0. The maximum Gasteiger partial charge on any atom is 0.147 e. The molecule has 0 aliphatic rings. The maximum atomic E-state index is 6.15. The number of aromatic nitrogens is 2. The molecular formula is C20H12N2O. The van der Waals surface area contributed by atoms with E-state index in [4.69, 9.17) is 4.42 Å². The van der Waals surface area contributed by atoms with Gasteiger partial charge in [0.25, 0.3) is 0 Å². The number of para-hydroxylation sites is 1. The summed E-state index contributed by atoms with van der Waals surface area (Å²) in [5.74, 6) is 0. The average Bonchev–Trinajstić information content (AvgIpc) is 3.01. The summed E-state index contributed by atoms with van der Waals surface area (Å²) < 4.78 is 6.15. The van der Waals surface area contributed by atoms with Crippen LogP contribution in [0.1, 0.15) is 0 Å². The molecule has 0 aliphatic heterocycles. The van der Waals surface area contributed by atoms with Gasteiger partial charge in [0.2, 0.25) is 0 Å². The molecule has 5 aromatic rings. The first-order valence-corrected chi connectivity index (χ1v) is 7.52. The van der Waals surface area contributed by atoms with E-state index >= 15 is 0 Å². The van der Waals surface area contributed by atoms with Crippen LogP contribution >= 0.6 is 0 Å². The normalized spacial score (nSPS) is 11.5. The average molecular weight is 296 g/mol. The van der Waals surface area contributed by atoms with Gasteiger partial charge in [0.15, 0.2) is 0 Å². The Kier molecular flexibility index (Phi) is 2.50. The van der Waals surface area contributed by atoms with Crippen LogP contribution in [0.4, 0.5) is 0 Å². The quantitative estimate of drug-likeness (QED) is 0.427. The molecular weight excluding hydrogens is 284 g/mol. The van der Waals surface area contributed by atoms with Gasteiger partial charge in [-0.1, -0.05) is 48.5 Å². The van der Waals surface area contributed by atoms with Gasteiger partial charge in [-0.25, -0.2) is 9.97 Å². The van der Waals surface area contributed by atoms with Crippen LogP contribution in [0, 0.1) is 0 Å². The Morgan fingerprint density at radius 2 is 1.52 bits per heavy atom. The topological polar surface area (TPSA) is 38.9 Å². The number of rotatable bonds is 1. The lowest BCUT2D eigenvalue weighted by Gasteiger charge is -2.05. The van der Waals surface area contributed by atoms with Crippen LogP contribution in [-0.2, 0) is 0 Å². The van der Waals surface area contributed by atoms with Crippen molar-refractivity contribution < 1.29 is 4.42 Å². The standard InChI is InChI=1S/C20H12N2O/c1-2-6-13(7-3-1)19-18-16(21-12-22-19)11-10-15-14-8-4-5-9-17(14)23-20(15)18/h1-12H. The van der Waals surface area contributed by atoms with Crippen LogP contribution in [0.15, 0.2) is 77.5 Å². The second kappa shape index (κ2) is 4.65. The molecule has 0 fully saturated rings. The predicted molar refractivity (Wildman–Crippen MR) is 92.3 cm³/mol. The lowest BCUT2D eigenvalue weighted by atomic mass is 10.0. The second-order valence-electron chi connectivity index (χ2n) is 5.52. The van der Waals surface area contributed by atoms with Gasteiger partial charge in [-0.05, 0) is 18.2 Å². The molecule has 0 atom stereocenters. The highest BCUT2D eigenvalue weighted by atomic mass is 16.3. The van der Waals surface area contributed by atoms with Gasteiger partial charge >= 0.3 is 0 Å². The van der Waals surface area contributed by atoms with Crippen LogP contribution < -0.4 is 0 Å². The van der Waals surface area contributed by atoms with Crippen molar-refractivity contribution in [3.8, 4) is 11.3 Å². The molecule has 108 valence electrons. The highest BCUT2D eigenvalue weighted by Crippen LogP contribution is 2.36. The molecule has 0 N–H and O–H groups in total. The molecule has 0 saturated heterocycles. The second-order valence-corrected chi connectivity index (χ2v) is 5.52. The third-order valence-corrected chi connectivity index (χ3v) is 4.19. The fourth-order valence-corrected chi connectivity index (χ4v) is 3.14. The summed E-state index contributed by atoms with van der Waals surface area (Å²) in [6.07, 6.45) is 1.61. The summed E-state index contributed by atoms with van der Waals surface area (Å²) in [4.78, 5) is 8.94. The van der Waals surface area contributed by atoms with Crippen LogP contribution in [0.3, 0.4) is 0 Å². The first kappa shape index (κ1) is 12.4. The van der Waals surface area contributed by atoms with Gasteiger partial charge in [0, 0.05) is 16.3 Å². The Morgan fingerprint density at radius 1 is 0.696 bits per heavy atom. The summed E-state index contributed by atoms with van der Waals surface area (Å²) >= 11 is 0. The molecule has 2 heterocycles. The van der Waals surface area contributed by atoms with E-state index in [1.807, 2.05) is 42.5 Å². The van der Waals surface area contributed by atoms with E-state index in [0.29, 0.717) is 0 Å². The Balaban J connectivity index is 2.00. The van der Waals surface area contributed by atoms with Gasteiger partial charge < -0.3 is 4.42 Å². The van der Waals surface area contributed by atoms with E-state index in [-0.39, 0.29) is 0 Å². The van der Waals surface area contributed by atoms with Crippen molar-refractivity contribution in [2.45, 2.75) is 0 Å². The third-order valence-electron chi connectivity index (χ3n) is 4.19. The number of furan rings is 1. The largest absolute Gasteiger partial charge is 0.455 e. The fraction of sp³-hybridized carbons (Fsp3) is 0. The van der Waals surface area contributed by atoms with E-state index in [1.54, 1.807) is 6.33 Å². The molecule has 3 aromatic carbocycles. The van der Waals surface area contributed by atoms with Crippen LogP contribution in [0.2, 0.25) is 0 Å². The lowest BCUT2D eigenvalue weighted by molar-refractivity contribution is 0.672. The number of hydrogen-bond donors (Lipinski definition) is 0. The predicted octanol–water partition coefficient (Wildman–Crippen LogP) is 5.20. The number of fused-ring (bicyclic) bond motifs is 5. The highest BCUT2D eigenvalue weighted by Gasteiger charge is 2.15. The summed E-state index contributed by atoms with van der Waals surface area (Å²) in [5.41, 5.74) is 4.60. The van der Waals surface area contributed by atoms with Crippen molar-refractivity contribution in [3.63, 3.8) is 0 Å². The summed E-state index contributed by atoms with van der Waals surface area (Å²) in [5, 5.41) is 3.18. The monoisotopic (exact) mass is 296 g/mol. The molecule has 23 heavy (non-hydrogen) atoms. The van der Waals surface area contributed by atoms with Crippen molar-refractivity contribution in [1.82, 2.24) is 9.97 Å². The van der Waals surface area contributed by atoms with E-state index in [2.05, 4.69) is 34.2 Å². The van der Waals surface area contributed by atoms with Crippen LogP contribution in [-0.4, -0.2) is 9.97 Å².